The molecule has 9 heteroatoms. The van der Waals surface area contributed by atoms with Crippen LogP contribution in [0.4, 0.5) is 0 Å². The first-order valence-electron chi connectivity index (χ1n) is 8.92. The van der Waals surface area contributed by atoms with Crippen LogP contribution >= 0.6 is 0 Å². The fraction of sp³-hybridized carbons (Fsp3) is 0.429. The summed E-state index contributed by atoms with van der Waals surface area (Å²) < 4.78 is 26.6. The smallest absolute Gasteiger partial charge is 0.335 e. The molecule has 0 bridgehead atoms. The third kappa shape index (κ3) is 6.70. The summed E-state index contributed by atoms with van der Waals surface area (Å²) in [6.07, 6.45) is -5.46. The molecule has 164 valence electrons. The zero-order chi connectivity index (χ0) is 23.2. The van der Waals surface area contributed by atoms with Gasteiger partial charge in [-0.2, -0.15) is 0 Å². The third-order valence-electron chi connectivity index (χ3n) is 3.74. The fourth-order valence-corrected chi connectivity index (χ4v) is 2.11. The van der Waals surface area contributed by atoms with E-state index >= 15 is 0 Å². The van der Waals surface area contributed by atoms with E-state index in [1.54, 1.807) is 0 Å². The van der Waals surface area contributed by atoms with E-state index in [-0.39, 0.29) is 28.9 Å². The van der Waals surface area contributed by atoms with Crippen molar-refractivity contribution in [3.8, 4) is 0 Å². The molecule has 0 N–H and O–H groups in total. The second-order valence-corrected chi connectivity index (χ2v) is 6.91. The van der Waals surface area contributed by atoms with Crippen LogP contribution < -0.4 is 0 Å². The molecule has 1 aliphatic heterocycles. The van der Waals surface area contributed by atoms with Crippen LogP contribution in [-0.4, -0.2) is 55.1 Å². The summed E-state index contributed by atoms with van der Waals surface area (Å²) in [6, 6.07) is 0. The normalized spacial score (nSPS) is 22.8. The Morgan fingerprint density at radius 3 is 1.43 bits per heavy atom. The summed E-state index contributed by atoms with van der Waals surface area (Å²) in [4.78, 5) is 48.3. The highest BCUT2D eigenvalue weighted by Gasteiger charge is 2.49. The number of esters is 4. The van der Waals surface area contributed by atoms with Gasteiger partial charge >= 0.3 is 23.9 Å². The van der Waals surface area contributed by atoms with Gasteiger partial charge in [-0.25, -0.2) is 19.2 Å². The second-order valence-electron chi connectivity index (χ2n) is 6.91. The van der Waals surface area contributed by atoms with E-state index in [1.807, 2.05) is 0 Å². The Bertz CT molecular complexity index is 726. The molecule has 1 aliphatic rings. The summed E-state index contributed by atoms with van der Waals surface area (Å²) >= 11 is 0. The Labute approximate surface area is 174 Å². The number of carbonyl (C=O) groups is 4. The van der Waals surface area contributed by atoms with Gasteiger partial charge in [0.25, 0.3) is 0 Å². The minimum absolute atomic E-state index is 0.0333. The molecule has 30 heavy (non-hydrogen) atoms. The van der Waals surface area contributed by atoms with Crippen LogP contribution in [0.1, 0.15) is 27.7 Å². The van der Waals surface area contributed by atoms with E-state index in [9.17, 15) is 19.2 Å². The van der Waals surface area contributed by atoms with Crippen molar-refractivity contribution in [1.82, 2.24) is 0 Å². The van der Waals surface area contributed by atoms with Gasteiger partial charge in [0.1, 0.15) is 0 Å². The highest BCUT2D eigenvalue weighted by Crippen LogP contribution is 2.27. The van der Waals surface area contributed by atoms with Crippen LogP contribution in [0.25, 0.3) is 0 Å². The molecular formula is C21H26O9. The van der Waals surface area contributed by atoms with Crippen molar-refractivity contribution in [2.45, 2.75) is 52.3 Å². The minimum atomic E-state index is -1.46. The first-order valence-corrected chi connectivity index (χ1v) is 8.92. The van der Waals surface area contributed by atoms with Gasteiger partial charge in [-0.1, -0.05) is 26.3 Å². The zero-order valence-electron chi connectivity index (χ0n) is 17.5. The summed E-state index contributed by atoms with van der Waals surface area (Å²) in [7, 11) is 0. The zero-order valence-corrected chi connectivity index (χ0v) is 17.5. The highest BCUT2D eigenvalue weighted by molar-refractivity contribution is 5.89. The van der Waals surface area contributed by atoms with E-state index in [2.05, 4.69) is 26.3 Å². The molecule has 0 radical (unpaired) electrons. The molecule has 0 aromatic carbocycles. The maximum Gasteiger partial charge on any atom is 0.335 e. The van der Waals surface area contributed by atoms with Crippen LogP contribution in [0.2, 0.25) is 0 Å². The Hall–Kier alpha value is -3.20. The SMILES string of the molecule is C=C(C)C(=O)OC1COC(OC(=O)C(=C)C)C(OC(=O)C(=C)C)C1OC(=O)C(=C)C. The third-order valence-corrected chi connectivity index (χ3v) is 3.74. The largest absolute Gasteiger partial charge is 0.452 e. The van der Waals surface area contributed by atoms with Gasteiger partial charge in [0.15, 0.2) is 12.2 Å². The van der Waals surface area contributed by atoms with Crippen LogP contribution in [-0.2, 0) is 42.9 Å². The fourth-order valence-electron chi connectivity index (χ4n) is 2.11. The van der Waals surface area contributed by atoms with Crippen molar-refractivity contribution < 1.29 is 42.9 Å². The highest BCUT2D eigenvalue weighted by atomic mass is 16.7. The standard InChI is InChI=1S/C21H26O9/c1-10(2)17(22)27-14-9-26-21(30-20(25)13(7)8)16(29-19(24)12(5)6)15(14)28-18(23)11(3)4/h14-16,21H,1,3,5,7,9H2,2,4,6,8H3. The molecule has 0 amide bonds. The molecular weight excluding hydrogens is 396 g/mol. The maximum absolute atomic E-state index is 12.2. The topological polar surface area (TPSA) is 114 Å². The van der Waals surface area contributed by atoms with Crippen molar-refractivity contribution >= 4 is 23.9 Å². The average Bonchev–Trinajstić information content (AvgIpc) is 2.64. The second kappa shape index (κ2) is 10.5. The maximum atomic E-state index is 12.2. The molecule has 0 aliphatic carbocycles. The molecule has 9 nitrogen and oxygen atoms in total. The van der Waals surface area contributed by atoms with E-state index < -0.39 is 48.5 Å². The lowest BCUT2D eigenvalue weighted by Crippen LogP contribution is -2.58. The lowest BCUT2D eigenvalue weighted by atomic mass is 10.0. The molecule has 0 aromatic rings. The first-order chi connectivity index (χ1) is 13.8. The van der Waals surface area contributed by atoms with Gasteiger partial charge in [-0.15, -0.1) is 0 Å². The number of carbonyl (C=O) groups excluding carboxylic acids is 4. The van der Waals surface area contributed by atoms with Gasteiger partial charge in [0, 0.05) is 22.3 Å². The number of rotatable bonds is 8. The van der Waals surface area contributed by atoms with Crippen molar-refractivity contribution in [2.24, 2.45) is 0 Å². The molecule has 1 saturated heterocycles. The monoisotopic (exact) mass is 422 g/mol. The predicted octanol–water partition coefficient (Wildman–Crippen LogP) is 1.93. The summed E-state index contributed by atoms with van der Waals surface area (Å²) in [5.74, 6) is -3.29. The predicted molar refractivity (Wildman–Crippen MR) is 105 cm³/mol. The Balaban J connectivity index is 3.32. The number of hydrogen-bond acceptors (Lipinski definition) is 9. The van der Waals surface area contributed by atoms with E-state index in [0.717, 1.165) is 0 Å². The van der Waals surface area contributed by atoms with Gasteiger partial charge in [-0.3, -0.25) is 0 Å². The molecule has 0 saturated carbocycles. The van der Waals surface area contributed by atoms with E-state index in [4.69, 9.17) is 23.7 Å². The van der Waals surface area contributed by atoms with Crippen molar-refractivity contribution in [3.63, 3.8) is 0 Å². The summed E-state index contributed by atoms with van der Waals surface area (Å²) in [5, 5.41) is 0. The first kappa shape index (κ1) is 24.8. The average molecular weight is 422 g/mol. The Morgan fingerprint density at radius 1 is 0.633 bits per heavy atom. The molecule has 0 spiro atoms. The summed E-state index contributed by atoms with van der Waals surface area (Å²) in [6.45, 7) is 19.3. The van der Waals surface area contributed by atoms with E-state index in [0.29, 0.717) is 0 Å². The van der Waals surface area contributed by atoms with Gasteiger partial charge in [0.2, 0.25) is 12.4 Å². The quantitative estimate of drug-likeness (QED) is 0.329. The molecule has 4 atom stereocenters. The van der Waals surface area contributed by atoms with Gasteiger partial charge < -0.3 is 23.7 Å². The van der Waals surface area contributed by atoms with Crippen molar-refractivity contribution in [1.29, 1.82) is 0 Å². The van der Waals surface area contributed by atoms with E-state index in [1.165, 1.54) is 27.7 Å². The van der Waals surface area contributed by atoms with Crippen LogP contribution in [0.3, 0.4) is 0 Å². The molecule has 1 fully saturated rings. The lowest BCUT2D eigenvalue weighted by Gasteiger charge is -2.40. The lowest BCUT2D eigenvalue weighted by molar-refractivity contribution is -0.272. The Kier molecular flexibility index (Phi) is 8.73. The van der Waals surface area contributed by atoms with Crippen LogP contribution in [0.15, 0.2) is 48.6 Å². The van der Waals surface area contributed by atoms with Gasteiger partial charge in [-0.05, 0) is 27.7 Å². The number of hydrogen-bond donors (Lipinski definition) is 0. The molecule has 1 rings (SSSR count). The Morgan fingerprint density at radius 2 is 1.00 bits per heavy atom. The van der Waals surface area contributed by atoms with Crippen molar-refractivity contribution in [2.75, 3.05) is 6.61 Å². The molecule has 1 heterocycles. The summed E-state index contributed by atoms with van der Waals surface area (Å²) in [5.41, 5.74) is 0.235. The van der Waals surface area contributed by atoms with Crippen molar-refractivity contribution in [3.05, 3.63) is 48.6 Å². The van der Waals surface area contributed by atoms with Crippen LogP contribution in [0, 0.1) is 0 Å². The number of ether oxygens (including phenoxy) is 5. The minimum Gasteiger partial charge on any atom is -0.452 e. The molecule has 0 aromatic heterocycles. The van der Waals surface area contributed by atoms with Gasteiger partial charge in [0.05, 0.1) is 6.61 Å². The molecule has 4 unspecified atom stereocenters. The van der Waals surface area contributed by atoms with Crippen LogP contribution in [0.5, 0.6) is 0 Å².